The van der Waals surface area contributed by atoms with Gasteiger partial charge in [-0.3, -0.25) is 4.79 Å². The minimum atomic E-state index is -3.46. The fraction of sp³-hybridized carbons (Fsp3) is 0.519. The molecule has 1 N–H and O–H groups in total. The first kappa shape index (κ1) is 27.0. The number of nitrogens with zero attached hydrogens (tertiary/aromatic N) is 1. The smallest absolute Gasteiger partial charge is 0.261 e. The van der Waals surface area contributed by atoms with E-state index in [-0.39, 0.29) is 22.8 Å². The normalized spacial score (nSPS) is 15.9. The summed E-state index contributed by atoms with van der Waals surface area (Å²) < 4.78 is 38.6. The highest BCUT2D eigenvalue weighted by molar-refractivity contribution is 7.89. The topological polar surface area (TPSA) is 84.9 Å². The first-order valence-corrected chi connectivity index (χ1v) is 13.8. The van der Waals surface area contributed by atoms with Gasteiger partial charge in [-0.2, -0.15) is 4.31 Å². The van der Waals surface area contributed by atoms with Crippen LogP contribution in [0, 0.1) is 0 Å². The lowest BCUT2D eigenvalue weighted by molar-refractivity contribution is -0.128. The summed E-state index contributed by atoms with van der Waals surface area (Å²) in [5, 5.41) is 2.85. The van der Waals surface area contributed by atoms with Crippen LogP contribution in [0.4, 0.5) is 0 Å². The van der Waals surface area contributed by atoms with Crippen molar-refractivity contribution >= 4 is 15.9 Å². The largest absolute Gasteiger partial charge is 0.492 e. The molecule has 1 heterocycles. The number of amides is 1. The third kappa shape index (κ3) is 7.45. The summed E-state index contributed by atoms with van der Waals surface area (Å²) in [5.74, 6) is 1.02. The zero-order valence-corrected chi connectivity index (χ0v) is 22.1. The molecule has 0 bridgehead atoms. The zero-order chi connectivity index (χ0) is 25.5. The quantitative estimate of drug-likeness (QED) is 0.483. The molecule has 8 heteroatoms. The molecule has 3 rings (SSSR count). The van der Waals surface area contributed by atoms with E-state index in [4.69, 9.17) is 9.47 Å². The zero-order valence-electron chi connectivity index (χ0n) is 21.2. The first-order chi connectivity index (χ1) is 16.6. The molecule has 1 aliphatic heterocycles. The van der Waals surface area contributed by atoms with E-state index in [1.54, 1.807) is 28.6 Å². The van der Waals surface area contributed by atoms with Crippen LogP contribution in [0.5, 0.6) is 11.5 Å². The third-order valence-electron chi connectivity index (χ3n) is 6.11. The SMILES string of the molecule is CCC(Oc1ccc(C(C)(C)C)cc1)C(=O)NCCOc1ccc(S(=O)(=O)N2CCCCC2)cc1. The van der Waals surface area contributed by atoms with Crippen LogP contribution in [-0.2, 0) is 20.2 Å². The van der Waals surface area contributed by atoms with Crippen molar-refractivity contribution in [3.63, 3.8) is 0 Å². The average molecular weight is 503 g/mol. The van der Waals surface area contributed by atoms with Crippen LogP contribution in [-0.4, -0.2) is 51.0 Å². The first-order valence-electron chi connectivity index (χ1n) is 12.4. The fourth-order valence-corrected chi connectivity index (χ4v) is 5.46. The van der Waals surface area contributed by atoms with Crippen LogP contribution in [0.2, 0.25) is 0 Å². The van der Waals surface area contributed by atoms with E-state index in [1.165, 1.54) is 5.56 Å². The molecule has 35 heavy (non-hydrogen) atoms. The van der Waals surface area contributed by atoms with Crippen molar-refractivity contribution in [1.82, 2.24) is 9.62 Å². The molecule has 2 aromatic carbocycles. The Hall–Kier alpha value is -2.58. The predicted octanol–water partition coefficient (Wildman–Crippen LogP) is 4.51. The van der Waals surface area contributed by atoms with Crippen molar-refractivity contribution in [2.45, 2.75) is 69.8 Å². The lowest BCUT2D eigenvalue weighted by Gasteiger charge is -2.25. The Balaban J connectivity index is 1.45. The summed E-state index contributed by atoms with van der Waals surface area (Å²) in [4.78, 5) is 12.8. The number of nitrogens with one attached hydrogen (secondary N) is 1. The van der Waals surface area contributed by atoms with E-state index in [1.807, 2.05) is 31.2 Å². The maximum atomic E-state index is 12.7. The Morgan fingerprint density at radius 3 is 2.14 bits per heavy atom. The Kier molecular flexibility index (Phi) is 9.19. The van der Waals surface area contributed by atoms with Gasteiger partial charge in [0.05, 0.1) is 11.4 Å². The number of carbonyl (C=O) groups is 1. The van der Waals surface area contributed by atoms with E-state index in [0.717, 1.165) is 19.3 Å². The van der Waals surface area contributed by atoms with Crippen molar-refractivity contribution in [3.05, 3.63) is 54.1 Å². The molecule has 1 saturated heterocycles. The second-order valence-electron chi connectivity index (χ2n) is 9.86. The van der Waals surface area contributed by atoms with Crippen molar-refractivity contribution in [3.8, 4) is 11.5 Å². The minimum Gasteiger partial charge on any atom is -0.492 e. The maximum absolute atomic E-state index is 12.7. The Bertz CT molecular complexity index is 1050. The second-order valence-corrected chi connectivity index (χ2v) is 11.8. The maximum Gasteiger partial charge on any atom is 0.261 e. The van der Waals surface area contributed by atoms with Crippen LogP contribution in [0.15, 0.2) is 53.4 Å². The molecule has 1 unspecified atom stereocenters. The van der Waals surface area contributed by atoms with Crippen molar-refractivity contribution < 1.29 is 22.7 Å². The second kappa shape index (κ2) is 11.9. The van der Waals surface area contributed by atoms with Gasteiger partial charge in [0, 0.05) is 13.1 Å². The molecule has 0 aliphatic carbocycles. The van der Waals surface area contributed by atoms with Crippen LogP contribution >= 0.6 is 0 Å². The van der Waals surface area contributed by atoms with Gasteiger partial charge >= 0.3 is 0 Å². The molecule has 0 saturated carbocycles. The molecule has 7 nitrogen and oxygen atoms in total. The van der Waals surface area contributed by atoms with Gasteiger partial charge in [-0.25, -0.2) is 8.42 Å². The van der Waals surface area contributed by atoms with E-state index < -0.39 is 16.1 Å². The van der Waals surface area contributed by atoms with Gasteiger partial charge in [-0.05, 0) is 66.6 Å². The molecular weight excluding hydrogens is 464 g/mol. The van der Waals surface area contributed by atoms with Crippen LogP contribution in [0.3, 0.4) is 0 Å². The molecule has 2 aromatic rings. The number of benzene rings is 2. The number of rotatable bonds is 10. The standard InChI is InChI=1S/C27H38N2O5S/c1-5-25(34-23-11-9-21(10-12-23)27(2,3)4)26(30)28-17-20-33-22-13-15-24(16-14-22)35(31,32)29-18-7-6-8-19-29/h9-16,25H,5-8,17-20H2,1-4H3,(H,28,30). The fourth-order valence-electron chi connectivity index (χ4n) is 3.94. The summed E-state index contributed by atoms with van der Waals surface area (Å²) in [5.41, 5.74) is 1.26. The molecule has 1 aliphatic rings. The lowest BCUT2D eigenvalue weighted by Crippen LogP contribution is -2.39. The molecule has 0 spiro atoms. The van der Waals surface area contributed by atoms with Crippen molar-refractivity contribution in [1.29, 1.82) is 0 Å². The van der Waals surface area contributed by atoms with Gasteiger partial charge in [0.25, 0.3) is 5.91 Å². The summed E-state index contributed by atoms with van der Waals surface area (Å²) in [6.45, 7) is 10.1. The van der Waals surface area contributed by atoms with Gasteiger partial charge in [0.1, 0.15) is 18.1 Å². The van der Waals surface area contributed by atoms with Crippen molar-refractivity contribution in [2.75, 3.05) is 26.2 Å². The Morgan fingerprint density at radius 2 is 1.57 bits per heavy atom. The lowest BCUT2D eigenvalue weighted by atomic mass is 9.87. The molecule has 1 fully saturated rings. The van der Waals surface area contributed by atoms with E-state index in [0.29, 0.717) is 37.6 Å². The molecular formula is C27H38N2O5S. The van der Waals surface area contributed by atoms with Gasteiger partial charge in [0.15, 0.2) is 6.10 Å². The van der Waals surface area contributed by atoms with Gasteiger partial charge in [0.2, 0.25) is 10.0 Å². The van der Waals surface area contributed by atoms with Crippen LogP contribution in [0.1, 0.15) is 58.9 Å². The van der Waals surface area contributed by atoms with Gasteiger partial charge < -0.3 is 14.8 Å². The van der Waals surface area contributed by atoms with Crippen LogP contribution in [0.25, 0.3) is 0 Å². The number of ether oxygens (including phenoxy) is 2. The molecule has 0 aromatic heterocycles. The van der Waals surface area contributed by atoms with Gasteiger partial charge in [-0.15, -0.1) is 0 Å². The predicted molar refractivity (Wildman–Crippen MR) is 137 cm³/mol. The number of sulfonamides is 1. The highest BCUT2D eigenvalue weighted by atomic mass is 32.2. The summed E-state index contributed by atoms with van der Waals surface area (Å²) in [6.07, 6.45) is 2.83. The monoisotopic (exact) mass is 502 g/mol. The summed E-state index contributed by atoms with van der Waals surface area (Å²) in [6, 6.07) is 14.3. The average Bonchev–Trinajstić information content (AvgIpc) is 2.85. The van der Waals surface area contributed by atoms with Crippen LogP contribution < -0.4 is 14.8 Å². The third-order valence-corrected chi connectivity index (χ3v) is 8.02. The van der Waals surface area contributed by atoms with E-state index >= 15 is 0 Å². The molecule has 1 atom stereocenters. The summed E-state index contributed by atoms with van der Waals surface area (Å²) in [7, 11) is -3.46. The number of hydrogen-bond donors (Lipinski definition) is 1. The summed E-state index contributed by atoms with van der Waals surface area (Å²) >= 11 is 0. The number of hydrogen-bond acceptors (Lipinski definition) is 5. The molecule has 192 valence electrons. The molecule has 1 amide bonds. The highest BCUT2D eigenvalue weighted by Crippen LogP contribution is 2.25. The Labute approximate surface area is 209 Å². The minimum absolute atomic E-state index is 0.0575. The van der Waals surface area contributed by atoms with E-state index in [2.05, 4.69) is 26.1 Å². The highest BCUT2D eigenvalue weighted by Gasteiger charge is 2.25. The van der Waals surface area contributed by atoms with Crippen molar-refractivity contribution in [2.24, 2.45) is 0 Å². The molecule has 0 radical (unpaired) electrons. The van der Waals surface area contributed by atoms with Gasteiger partial charge in [-0.1, -0.05) is 46.2 Å². The number of piperidine rings is 1. The number of carbonyl (C=O) groups excluding carboxylic acids is 1. The van der Waals surface area contributed by atoms with E-state index in [9.17, 15) is 13.2 Å². The Morgan fingerprint density at radius 1 is 0.971 bits per heavy atom.